The molecule has 0 unspecified atom stereocenters. The Morgan fingerprint density at radius 2 is 2.22 bits per heavy atom. The van der Waals surface area contributed by atoms with E-state index >= 15 is 0 Å². The summed E-state index contributed by atoms with van der Waals surface area (Å²) in [6, 6.07) is 6.62. The zero-order chi connectivity index (χ0) is 12.5. The molecular formula is C15H20N2O. The molecular weight excluding hydrogens is 224 g/mol. The van der Waals surface area contributed by atoms with E-state index in [2.05, 4.69) is 37.1 Å². The van der Waals surface area contributed by atoms with Gasteiger partial charge in [-0.1, -0.05) is 19.9 Å². The first kappa shape index (κ1) is 11.7. The summed E-state index contributed by atoms with van der Waals surface area (Å²) < 4.78 is 7.85. The van der Waals surface area contributed by atoms with Gasteiger partial charge in [-0.2, -0.15) is 5.10 Å². The van der Waals surface area contributed by atoms with Gasteiger partial charge in [0.1, 0.15) is 0 Å². The van der Waals surface area contributed by atoms with Gasteiger partial charge in [-0.15, -0.1) is 0 Å². The van der Waals surface area contributed by atoms with Crippen molar-refractivity contribution < 1.29 is 4.74 Å². The smallest absolute Gasteiger partial charge is 0.150 e. The van der Waals surface area contributed by atoms with E-state index in [-0.39, 0.29) is 6.23 Å². The average molecular weight is 244 g/mol. The van der Waals surface area contributed by atoms with Crippen LogP contribution in [0.3, 0.4) is 0 Å². The fourth-order valence-electron chi connectivity index (χ4n) is 2.58. The molecule has 1 saturated heterocycles. The van der Waals surface area contributed by atoms with Crippen LogP contribution in [0.4, 0.5) is 0 Å². The Morgan fingerprint density at radius 1 is 1.33 bits per heavy atom. The van der Waals surface area contributed by atoms with E-state index in [9.17, 15) is 0 Å². The number of hydrogen-bond acceptors (Lipinski definition) is 2. The summed E-state index contributed by atoms with van der Waals surface area (Å²) >= 11 is 0. The van der Waals surface area contributed by atoms with Crippen molar-refractivity contribution in [2.24, 2.45) is 0 Å². The van der Waals surface area contributed by atoms with Gasteiger partial charge in [-0.3, -0.25) is 0 Å². The Morgan fingerprint density at radius 3 is 2.94 bits per heavy atom. The van der Waals surface area contributed by atoms with Crippen molar-refractivity contribution in [1.29, 1.82) is 0 Å². The van der Waals surface area contributed by atoms with E-state index in [0.717, 1.165) is 13.0 Å². The van der Waals surface area contributed by atoms with Gasteiger partial charge in [-0.25, -0.2) is 4.68 Å². The molecule has 3 rings (SSSR count). The summed E-state index contributed by atoms with van der Waals surface area (Å²) in [6.45, 7) is 5.29. The first-order chi connectivity index (χ1) is 8.75. The maximum atomic E-state index is 5.81. The second-order valence-corrected chi connectivity index (χ2v) is 5.38. The maximum Gasteiger partial charge on any atom is 0.150 e. The fourth-order valence-corrected chi connectivity index (χ4v) is 2.58. The van der Waals surface area contributed by atoms with Crippen LogP contribution in [0.5, 0.6) is 0 Å². The van der Waals surface area contributed by atoms with Crippen LogP contribution in [0.15, 0.2) is 24.4 Å². The molecule has 3 heteroatoms. The minimum atomic E-state index is 0.126. The van der Waals surface area contributed by atoms with E-state index in [0.29, 0.717) is 5.92 Å². The molecule has 0 saturated carbocycles. The molecule has 2 aromatic rings. The SMILES string of the molecule is CC(C)c1ccc2c(cnn2[C@@H]2CCCCO2)c1. The predicted molar refractivity (Wildman–Crippen MR) is 72.7 cm³/mol. The van der Waals surface area contributed by atoms with Gasteiger partial charge in [0.25, 0.3) is 0 Å². The van der Waals surface area contributed by atoms with Crippen LogP contribution in [0.1, 0.15) is 50.8 Å². The molecule has 1 aromatic carbocycles. The molecule has 1 aliphatic heterocycles. The highest BCUT2D eigenvalue weighted by molar-refractivity contribution is 5.79. The molecule has 0 aliphatic carbocycles. The first-order valence-electron chi connectivity index (χ1n) is 6.84. The molecule has 18 heavy (non-hydrogen) atoms. The lowest BCUT2D eigenvalue weighted by Crippen LogP contribution is -2.18. The lowest BCUT2D eigenvalue weighted by atomic mass is 10.0. The van der Waals surface area contributed by atoms with Crippen LogP contribution in [-0.4, -0.2) is 16.4 Å². The highest BCUT2D eigenvalue weighted by atomic mass is 16.5. The maximum absolute atomic E-state index is 5.81. The normalized spacial score (nSPS) is 20.7. The van der Waals surface area contributed by atoms with E-state index in [1.807, 2.05) is 10.9 Å². The highest BCUT2D eigenvalue weighted by Crippen LogP contribution is 2.27. The van der Waals surface area contributed by atoms with Crippen molar-refractivity contribution in [2.75, 3.05) is 6.61 Å². The van der Waals surface area contributed by atoms with Crippen molar-refractivity contribution >= 4 is 10.9 Å². The third kappa shape index (κ3) is 2.03. The minimum Gasteiger partial charge on any atom is -0.356 e. The molecule has 2 heterocycles. The minimum absolute atomic E-state index is 0.126. The number of hydrogen-bond donors (Lipinski definition) is 0. The van der Waals surface area contributed by atoms with Gasteiger partial charge in [0.2, 0.25) is 0 Å². The van der Waals surface area contributed by atoms with Crippen molar-refractivity contribution in [2.45, 2.75) is 45.3 Å². The molecule has 0 radical (unpaired) electrons. The van der Waals surface area contributed by atoms with Crippen molar-refractivity contribution in [3.05, 3.63) is 30.0 Å². The van der Waals surface area contributed by atoms with Crippen LogP contribution in [0.25, 0.3) is 10.9 Å². The summed E-state index contributed by atoms with van der Waals surface area (Å²) in [5.74, 6) is 0.559. The van der Waals surface area contributed by atoms with Gasteiger partial charge < -0.3 is 4.74 Å². The van der Waals surface area contributed by atoms with Crippen molar-refractivity contribution in [3.63, 3.8) is 0 Å². The molecule has 0 N–H and O–H groups in total. The highest BCUT2D eigenvalue weighted by Gasteiger charge is 2.18. The molecule has 1 aliphatic rings. The summed E-state index contributed by atoms with van der Waals surface area (Å²) in [6.07, 6.45) is 5.56. The van der Waals surface area contributed by atoms with Crippen LogP contribution in [0.2, 0.25) is 0 Å². The topological polar surface area (TPSA) is 27.1 Å². The monoisotopic (exact) mass is 244 g/mol. The van der Waals surface area contributed by atoms with Gasteiger partial charge in [0.15, 0.2) is 6.23 Å². The van der Waals surface area contributed by atoms with Crippen LogP contribution in [0, 0.1) is 0 Å². The molecule has 0 bridgehead atoms. The largest absolute Gasteiger partial charge is 0.356 e. The second kappa shape index (κ2) is 4.73. The van der Waals surface area contributed by atoms with Crippen molar-refractivity contribution in [1.82, 2.24) is 9.78 Å². The number of fused-ring (bicyclic) bond motifs is 1. The molecule has 1 fully saturated rings. The second-order valence-electron chi connectivity index (χ2n) is 5.38. The lowest BCUT2D eigenvalue weighted by Gasteiger charge is -2.23. The van der Waals surface area contributed by atoms with Crippen LogP contribution >= 0.6 is 0 Å². The van der Waals surface area contributed by atoms with Crippen LogP contribution in [-0.2, 0) is 4.74 Å². The number of aromatic nitrogens is 2. The van der Waals surface area contributed by atoms with Gasteiger partial charge in [0.05, 0.1) is 11.7 Å². The third-order valence-corrected chi connectivity index (χ3v) is 3.71. The summed E-state index contributed by atoms with van der Waals surface area (Å²) in [5.41, 5.74) is 2.55. The number of ether oxygens (including phenoxy) is 1. The third-order valence-electron chi connectivity index (χ3n) is 3.71. The zero-order valence-corrected chi connectivity index (χ0v) is 11.1. The Labute approximate surface area is 108 Å². The van der Waals surface area contributed by atoms with E-state index in [1.54, 1.807) is 0 Å². The predicted octanol–water partition coefficient (Wildman–Crippen LogP) is 3.86. The first-order valence-corrected chi connectivity index (χ1v) is 6.84. The van der Waals surface area contributed by atoms with E-state index in [4.69, 9.17) is 4.74 Å². The molecule has 3 nitrogen and oxygen atoms in total. The van der Waals surface area contributed by atoms with E-state index in [1.165, 1.54) is 29.3 Å². The molecule has 96 valence electrons. The molecule has 0 spiro atoms. The van der Waals surface area contributed by atoms with Crippen molar-refractivity contribution in [3.8, 4) is 0 Å². The number of rotatable bonds is 2. The molecule has 1 aromatic heterocycles. The fraction of sp³-hybridized carbons (Fsp3) is 0.533. The summed E-state index contributed by atoms with van der Waals surface area (Å²) in [5, 5.41) is 5.73. The summed E-state index contributed by atoms with van der Waals surface area (Å²) in [7, 11) is 0. The average Bonchev–Trinajstić information content (AvgIpc) is 2.82. The number of nitrogens with zero attached hydrogens (tertiary/aromatic N) is 2. The van der Waals surface area contributed by atoms with Gasteiger partial charge >= 0.3 is 0 Å². The van der Waals surface area contributed by atoms with Gasteiger partial charge in [0, 0.05) is 12.0 Å². The zero-order valence-electron chi connectivity index (χ0n) is 11.1. The number of benzene rings is 1. The molecule has 0 amide bonds. The lowest BCUT2D eigenvalue weighted by molar-refractivity contribution is -0.0366. The standard InChI is InChI=1S/C15H20N2O/c1-11(2)12-6-7-14-13(9-12)10-16-17(14)15-5-3-4-8-18-15/h6-7,9-11,15H,3-5,8H2,1-2H3/t15-/m0/s1. The Balaban J connectivity index is 1.98. The Bertz CT molecular complexity index is 538. The molecule has 1 atom stereocenters. The quantitative estimate of drug-likeness (QED) is 0.802. The Kier molecular flexibility index (Phi) is 3.08. The van der Waals surface area contributed by atoms with Gasteiger partial charge in [-0.05, 0) is 42.9 Å². The summed E-state index contributed by atoms with van der Waals surface area (Å²) in [4.78, 5) is 0. The van der Waals surface area contributed by atoms with E-state index < -0.39 is 0 Å². The Hall–Kier alpha value is -1.35. The van der Waals surface area contributed by atoms with Crippen LogP contribution < -0.4 is 0 Å².